The SMILES string of the molecule is COCCCCCNS(=O)(=O)c1ccc(C)c(CO)c1. The van der Waals surface area contributed by atoms with Crippen LogP contribution in [0.5, 0.6) is 0 Å². The standard InChI is InChI=1S/C14H23NO4S/c1-12-6-7-14(10-13(12)11-16)20(17,18)15-8-4-3-5-9-19-2/h6-7,10,15-16H,3-5,8-9,11H2,1-2H3. The zero-order valence-corrected chi connectivity index (χ0v) is 12.9. The number of hydrogen-bond acceptors (Lipinski definition) is 4. The molecule has 0 saturated carbocycles. The summed E-state index contributed by atoms with van der Waals surface area (Å²) < 4.78 is 31.7. The van der Waals surface area contributed by atoms with Crippen molar-refractivity contribution < 1.29 is 18.3 Å². The summed E-state index contributed by atoms with van der Waals surface area (Å²) in [4.78, 5) is 0.198. The predicted octanol–water partition coefficient (Wildman–Crippen LogP) is 1.58. The normalized spacial score (nSPS) is 11.8. The van der Waals surface area contributed by atoms with E-state index in [0.29, 0.717) is 18.7 Å². The number of methoxy groups -OCH3 is 1. The van der Waals surface area contributed by atoms with Gasteiger partial charge >= 0.3 is 0 Å². The molecule has 0 aliphatic carbocycles. The van der Waals surface area contributed by atoms with Crippen molar-refractivity contribution in [1.29, 1.82) is 0 Å². The van der Waals surface area contributed by atoms with Crippen LogP contribution in [0.25, 0.3) is 0 Å². The highest BCUT2D eigenvalue weighted by Crippen LogP contribution is 2.15. The van der Waals surface area contributed by atoms with Crippen molar-refractivity contribution in [3.8, 4) is 0 Å². The zero-order chi connectivity index (χ0) is 15.0. The number of ether oxygens (including phenoxy) is 1. The molecule has 0 spiro atoms. The summed E-state index contributed by atoms with van der Waals surface area (Å²) in [7, 11) is -1.84. The molecule has 0 radical (unpaired) electrons. The van der Waals surface area contributed by atoms with E-state index in [0.717, 1.165) is 24.8 Å². The van der Waals surface area contributed by atoms with Gasteiger partial charge < -0.3 is 9.84 Å². The minimum absolute atomic E-state index is 0.161. The fourth-order valence-electron chi connectivity index (χ4n) is 1.82. The number of nitrogens with one attached hydrogen (secondary N) is 1. The zero-order valence-electron chi connectivity index (χ0n) is 12.1. The molecule has 0 bridgehead atoms. The topological polar surface area (TPSA) is 75.6 Å². The molecule has 0 aliphatic heterocycles. The summed E-state index contributed by atoms with van der Waals surface area (Å²) in [6, 6.07) is 4.78. The second-order valence-electron chi connectivity index (χ2n) is 4.70. The Bertz CT molecular complexity index is 514. The van der Waals surface area contributed by atoms with E-state index in [1.165, 1.54) is 6.07 Å². The lowest BCUT2D eigenvalue weighted by Gasteiger charge is -2.09. The Hall–Kier alpha value is -0.950. The van der Waals surface area contributed by atoms with Crippen LogP contribution >= 0.6 is 0 Å². The van der Waals surface area contributed by atoms with Gasteiger partial charge in [0.2, 0.25) is 10.0 Å². The van der Waals surface area contributed by atoms with Crippen LogP contribution in [-0.2, 0) is 21.4 Å². The van der Waals surface area contributed by atoms with Crippen molar-refractivity contribution in [3.63, 3.8) is 0 Å². The first-order chi connectivity index (χ1) is 9.51. The number of unbranched alkanes of at least 4 members (excludes halogenated alkanes) is 2. The smallest absolute Gasteiger partial charge is 0.240 e. The highest BCUT2D eigenvalue weighted by Gasteiger charge is 2.14. The van der Waals surface area contributed by atoms with E-state index in [1.807, 2.05) is 6.92 Å². The molecular weight excluding hydrogens is 278 g/mol. The lowest BCUT2D eigenvalue weighted by Crippen LogP contribution is -2.25. The van der Waals surface area contributed by atoms with Crippen LogP contribution in [0.15, 0.2) is 23.1 Å². The number of aliphatic hydroxyl groups excluding tert-OH is 1. The minimum atomic E-state index is -3.49. The van der Waals surface area contributed by atoms with Gasteiger partial charge in [-0.3, -0.25) is 0 Å². The van der Waals surface area contributed by atoms with Gasteiger partial charge in [0.05, 0.1) is 11.5 Å². The Kier molecular flexibility index (Phi) is 7.15. The molecular formula is C14H23NO4S. The third-order valence-corrected chi connectivity index (χ3v) is 4.58. The van der Waals surface area contributed by atoms with E-state index in [-0.39, 0.29) is 11.5 Å². The maximum absolute atomic E-state index is 12.1. The van der Waals surface area contributed by atoms with Crippen molar-refractivity contribution in [2.75, 3.05) is 20.3 Å². The monoisotopic (exact) mass is 301 g/mol. The summed E-state index contributed by atoms with van der Waals surface area (Å²) in [6.45, 7) is 2.79. The second kappa shape index (κ2) is 8.36. The Morgan fingerprint density at radius 3 is 2.65 bits per heavy atom. The van der Waals surface area contributed by atoms with Gasteiger partial charge in [-0.25, -0.2) is 13.1 Å². The molecule has 1 aromatic carbocycles. The Morgan fingerprint density at radius 2 is 2.00 bits per heavy atom. The number of rotatable bonds is 9. The first-order valence-corrected chi connectivity index (χ1v) is 8.18. The molecule has 0 atom stereocenters. The second-order valence-corrected chi connectivity index (χ2v) is 6.46. The van der Waals surface area contributed by atoms with Gasteiger partial charge in [-0.15, -0.1) is 0 Å². The first kappa shape index (κ1) is 17.1. The average Bonchev–Trinajstić information content (AvgIpc) is 2.43. The van der Waals surface area contributed by atoms with Crippen LogP contribution in [0.2, 0.25) is 0 Å². The van der Waals surface area contributed by atoms with E-state index in [9.17, 15) is 13.5 Å². The van der Waals surface area contributed by atoms with Crippen molar-refractivity contribution in [3.05, 3.63) is 29.3 Å². The highest BCUT2D eigenvalue weighted by atomic mass is 32.2. The number of aliphatic hydroxyl groups is 1. The van der Waals surface area contributed by atoms with Gasteiger partial charge in [0.15, 0.2) is 0 Å². The van der Waals surface area contributed by atoms with E-state index in [4.69, 9.17) is 4.74 Å². The van der Waals surface area contributed by atoms with E-state index >= 15 is 0 Å². The molecule has 5 nitrogen and oxygen atoms in total. The quantitative estimate of drug-likeness (QED) is 0.679. The van der Waals surface area contributed by atoms with Crippen LogP contribution in [0.4, 0.5) is 0 Å². The summed E-state index contributed by atoms with van der Waals surface area (Å²) >= 11 is 0. The Labute approximate surface area is 121 Å². The van der Waals surface area contributed by atoms with E-state index < -0.39 is 10.0 Å². The molecule has 0 aliphatic rings. The van der Waals surface area contributed by atoms with Gasteiger partial charge in [-0.1, -0.05) is 6.07 Å². The first-order valence-electron chi connectivity index (χ1n) is 6.70. The molecule has 2 N–H and O–H groups in total. The lowest BCUT2D eigenvalue weighted by molar-refractivity contribution is 0.192. The van der Waals surface area contributed by atoms with Crippen molar-refractivity contribution in [1.82, 2.24) is 4.72 Å². The molecule has 0 amide bonds. The van der Waals surface area contributed by atoms with Crippen LogP contribution in [-0.4, -0.2) is 33.8 Å². The molecule has 20 heavy (non-hydrogen) atoms. The maximum atomic E-state index is 12.1. The maximum Gasteiger partial charge on any atom is 0.240 e. The van der Waals surface area contributed by atoms with Crippen molar-refractivity contribution in [2.45, 2.75) is 37.7 Å². The number of hydrogen-bond donors (Lipinski definition) is 2. The summed E-state index contributed by atoms with van der Waals surface area (Å²) in [5, 5.41) is 9.18. The number of sulfonamides is 1. The largest absolute Gasteiger partial charge is 0.392 e. The van der Waals surface area contributed by atoms with Crippen LogP contribution < -0.4 is 4.72 Å². The van der Waals surface area contributed by atoms with Gasteiger partial charge in [0, 0.05) is 20.3 Å². The third-order valence-electron chi connectivity index (χ3n) is 3.12. The molecule has 1 rings (SSSR count). The number of aryl methyl sites for hydroxylation is 1. The van der Waals surface area contributed by atoms with Gasteiger partial charge in [0.1, 0.15) is 0 Å². The minimum Gasteiger partial charge on any atom is -0.392 e. The molecule has 0 heterocycles. The third kappa shape index (κ3) is 5.20. The summed E-state index contributed by atoms with van der Waals surface area (Å²) in [5.74, 6) is 0. The molecule has 6 heteroatoms. The molecule has 0 aromatic heterocycles. The van der Waals surface area contributed by atoms with Crippen LogP contribution in [0, 0.1) is 6.92 Å². The van der Waals surface area contributed by atoms with Gasteiger partial charge in [-0.2, -0.15) is 0 Å². The fourth-order valence-corrected chi connectivity index (χ4v) is 2.95. The molecule has 1 aromatic rings. The van der Waals surface area contributed by atoms with E-state index in [1.54, 1.807) is 19.2 Å². The molecule has 0 saturated heterocycles. The lowest BCUT2D eigenvalue weighted by atomic mass is 10.1. The molecule has 114 valence electrons. The van der Waals surface area contributed by atoms with Crippen LogP contribution in [0.3, 0.4) is 0 Å². The highest BCUT2D eigenvalue weighted by molar-refractivity contribution is 7.89. The summed E-state index contributed by atoms with van der Waals surface area (Å²) in [6.07, 6.45) is 2.63. The fraction of sp³-hybridized carbons (Fsp3) is 0.571. The molecule has 0 unspecified atom stereocenters. The van der Waals surface area contributed by atoms with E-state index in [2.05, 4.69) is 4.72 Å². The average molecular weight is 301 g/mol. The Morgan fingerprint density at radius 1 is 1.25 bits per heavy atom. The van der Waals surface area contributed by atoms with Gasteiger partial charge in [-0.05, 0) is 49.4 Å². The van der Waals surface area contributed by atoms with Crippen molar-refractivity contribution in [2.24, 2.45) is 0 Å². The predicted molar refractivity (Wildman–Crippen MR) is 78.0 cm³/mol. The van der Waals surface area contributed by atoms with Crippen molar-refractivity contribution >= 4 is 10.0 Å². The Balaban J connectivity index is 2.56. The summed E-state index contributed by atoms with van der Waals surface area (Å²) in [5.41, 5.74) is 1.51. The van der Waals surface area contributed by atoms with Crippen LogP contribution in [0.1, 0.15) is 30.4 Å². The molecule has 0 fully saturated rings. The van der Waals surface area contributed by atoms with Gasteiger partial charge in [0.25, 0.3) is 0 Å². The number of benzene rings is 1.